The summed E-state index contributed by atoms with van der Waals surface area (Å²) in [5, 5.41) is 2.77. The van der Waals surface area contributed by atoms with Crippen LogP contribution in [0.25, 0.3) is 6.08 Å². The van der Waals surface area contributed by atoms with Crippen LogP contribution in [0, 0.1) is 11.6 Å². The number of nitrogens with one attached hydrogen (secondary N) is 1. The van der Waals surface area contributed by atoms with Gasteiger partial charge in [-0.05, 0) is 95.1 Å². The zero-order valence-electron chi connectivity index (χ0n) is 18.9. The van der Waals surface area contributed by atoms with Crippen molar-refractivity contribution in [2.45, 2.75) is 52.6 Å². The molecule has 0 aliphatic heterocycles. The summed E-state index contributed by atoms with van der Waals surface area (Å²) in [5.41, 5.74) is 1.65. The molecule has 31 heavy (non-hydrogen) atoms. The third-order valence-electron chi connectivity index (χ3n) is 5.11. The van der Waals surface area contributed by atoms with Crippen molar-refractivity contribution in [3.63, 3.8) is 0 Å². The van der Waals surface area contributed by atoms with Crippen molar-refractivity contribution in [2.24, 2.45) is 0 Å². The molecule has 2 aromatic rings. The molecule has 0 fully saturated rings. The van der Waals surface area contributed by atoms with Crippen molar-refractivity contribution in [1.29, 1.82) is 0 Å². The maximum absolute atomic E-state index is 13.7. The number of anilines is 1. The number of benzene rings is 2. The predicted molar refractivity (Wildman–Crippen MR) is 122 cm³/mol. The Bertz CT molecular complexity index is 902. The predicted octanol–water partition coefficient (Wildman–Crippen LogP) is 5.68. The molecule has 0 aliphatic carbocycles. The molecular weight excluding hydrogens is 398 g/mol. The quantitative estimate of drug-likeness (QED) is 0.493. The molecule has 0 atom stereocenters. The second-order valence-electron chi connectivity index (χ2n) is 8.04. The lowest BCUT2D eigenvalue weighted by atomic mass is 10.1. The Labute approximate surface area is 183 Å². The number of nitrogens with zero attached hydrogens (tertiary/aromatic N) is 1. The van der Waals surface area contributed by atoms with E-state index < -0.39 is 17.5 Å². The minimum Gasteiger partial charge on any atom is -0.496 e. The zero-order valence-corrected chi connectivity index (χ0v) is 18.9. The van der Waals surface area contributed by atoms with Gasteiger partial charge in [0.2, 0.25) is 5.91 Å². The Morgan fingerprint density at radius 3 is 2.45 bits per heavy atom. The highest BCUT2D eigenvalue weighted by Gasteiger charge is 2.13. The van der Waals surface area contributed by atoms with Gasteiger partial charge < -0.3 is 10.1 Å². The highest BCUT2D eigenvalue weighted by Crippen LogP contribution is 2.24. The number of carbonyl (C=O) groups excluding carboxylic acids is 1. The molecule has 0 heterocycles. The lowest BCUT2D eigenvalue weighted by molar-refractivity contribution is -0.111. The van der Waals surface area contributed by atoms with Crippen LogP contribution in [0.4, 0.5) is 14.5 Å². The van der Waals surface area contributed by atoms with Crippen molar-refractivity contribution >= 4 is 17.7 Å². The van der Waals surface area contributed by atoms with Gasteiger partial charge in [0.15, 0.2) is 0 Å². The second kappa shape index (κ2) is 11.6. The zero-order chi connectivity index (χ0) is 23.0. The molecule has 168 valence electrons. The molecule has 0 radical (unpaired) electrons. The number of hydrogen-bond donors (Lipinski definition) is 1. The Hall–Kier alpha value is -2.73. The summed E-state index contributed by atoms with van der Waals surface area (Å²) in [6.07, 6.45) is 4.21. The van der Waals surface area contributed by atoms with E-state index in [1.54, 1.807) is 13.2 Å². The van der Waals surface area contributed by atoms with E-state index in [-0.39, 0.29) is 5.56 Å². The van der Waals surface area contributed by atoms with E-state index in [1.165, 1.54) is 12.2 Å². The summed E-state index contributed by atoms with van der Waals surface area (Å²) in [7, 11) is 1.63. The molecule has 0 aromatic heterocycles. The number of halogens is 2. The summed E-state index contributed by atoms with van der Waals surface area (Å²) >= 11 is 0. The lowest BCUT2D eigenvalue weighted by Crippen LogP contribution is -2.37. The van der Waals surface area contributed by atoms with Crippen LogP contribution in [0.1, 0.15) is 45.2 Å². The average molecular weight is 431 g/mol. The summed E-state index contributed by atoms with van der Waals surface area (Å²) in [6, 6.07) is 9.53. The number of methoxy groups -OCH3 is 1. The lowest BCUT2D eigenvalue weighted by Gasteiger charge is -2.30. The fraction of sp³-hybridized carbons (Fsp3) is 0.400. The average Bonchev–Trinajstić information content (AvgIpc) is 2.71. The molecule has 0 saturated carbocycles. The van der Waals surface area contributed by atoms with Crippen molar-refractivity contribution in [2.75, 3.05) is 19.0 Å². The molecule has 1 amide bonds. The topological polar surface area (TPSA) is 41.6 Å². The molecule has 6 heteroatoms. The molecule has 0 unspecified atom stereocenters. The maximum atomic E-state index is 13.7. The highest BCUT2D eigenvalue weighted by molar-refractivity contribution is 6.02. The van der Waals surface area contributed by atoms with Gasteiger partial charge in [-0.2, -0.15) is 0 Å². The van der Waals surface area contributed by atoms with Crippen LogP contribution in [0.3, 0.4) is 0 Å². The molecule has 0 spiro atoms. The SMILES string of the molecule is COc1ccc(NC(=O)C=Cc2cc(F)ccc2F)cc1CCCN(C(C)C)C(C)C. The van der Waals surface area contributed by atoms with E-state index in [0.29, 0.717) is 17.8 Å². The standard InChI is InChI=1S/C25H32F2N2O2/c1-17(2)29(18(3)4)14-6-7-20-16-22(10-12-24(20)31-5)28-25(30)13-8-19-15-21(26)9-11-23(19)27/h8-13,15-18H,6-7,14H2,1-5H3,(H,28,30). The Morgan fingerprint density at radius 1 is 1.10 bits per heavy atom. The van der Waals surface area contributed by atoms with Gasteiger partial charge in [-0.15, -0.1) is 0 Å². The first-order valence-electron chi connectivity index (χ1n) is 10.6. The number of rotatable bonds is 10. The van der Waals surface area contributed by atoms with Crippen LogP contribution in [-0.4, -0.2) is 36.5 Å². The van der Waals surface area contributed by atoms with Gasteiger partial charge in [0.1, 0.15) is 17.4 Å². The highest BCUT2D eigenvalue weighted by atomic mass is 19.1. The molecule has 0 aliphatic rings. The molecule has 4 nitrogen and oxygen atoms in total. The summed E-state index contributed by atoms with van der Waals surface area (Å²) in [4.78, 5) is 14.7. The smallest absolute Gasteiger partial charge is 0.248 e. The Balaban J connectivity index is 2.04. The number of ether oxygens (including phenoxy) is 1. The van der Waals surface area contributed by atoms with E-state index in [2.05, 4.69) is 37.9 Å². The van der Waals surface area contributed by atoms with Gasteiger partial charge in [0.05, 0.1) is 7.11 Å². The number of hydrogen-bond acceptors (Lipinski definition) is 3. The van der Waals surface area contributed by atoms with Gasteiger partial charge in [0.25, 0.3) is 0 Å². The van der Waals surface area contributed by atoms with E-state index in [4.69, 9.17) is 4.74 Å². The summed E-state index contributed by atoms with van der Waals surface area (Å²) in [5.74, 6) is -0.801. The van der Waals surface area contributed by atoms with Gasteiger partial charge in [-0.3, -0.25) is 9.69 Å². The van der Waals surface area contributed by atoms with E-state index in [9.17, 15) is 13.6 Å². The van der Waals surface area contributed by atoms with Crippen molar-refractivity contribution in [1.82, 2.24) is 4.90 Å². The first-order valence-corrected chi connectivity index (χ1v) is 10.6. The first kappa shape index (κ1) is 24.5. The number of aryl methyl sites for hydroxylation is 1. The molecule has 0 bridgehead atoms. The fourth-order valence-corrected chi connectivity index (χ4v) is 3.61. The van der Waals surface area contributed by atoms with Crippen molar-refractivity contribution in [3.8, 4) is 5.75 Å². The van der Waals surface area contributed by atoms with Crippen LogP contribution >= 0.6 is 0 Å². The fourth-order valence-electron chi connectivity index (χ4n) is 3.61. The summed E-state index contributed by atoms with van der Waals surface area (Å²) in [6.45, 7) is 9.75. The van der Waals surface area contributed by atoms with Crippen molar-refractivity contribution in [3.05, 3.63) is 65.2 Å². The van der Waals surface area contributed by atoms with Gasteiger partial charge in [0, 0.05) is 29.4 Å². The Kier molecular flexibility index (Phi) is 9.19. The molecule has 2 rings (SSSR count). The third kappa shape index (κ3) is 7.47. The van der Waals surface area contributed by atoms with E-state index >= 15 is 0 Å². The van der Waals surface area contributed by atoms with Crippen LogP contribution in [0.15, 0.2) is 42.5 Å². The normalized spacial score (nSPS) is 11.7. The molecule has 2 aromatic carbocycles. The van der Waals surface area contributed by atoms with Crippen LogP contribution in [0.5, 0.6) is 5.75 Å². The van der Waals surface area contributed by atoms with Crippen molar-refractivity contribution < 1.29 is 18.3 Å². The molecular formula is C25H32F2N2O2. The number of carbonyl (C=O) groups is 1. The van der Waals surface area contributed by atoms with Gasteiger partial charge >= 0.3 is 0 Å². The molecule has 0 saturated heterocycles. The Morgan fingerprint density at radius 2 is 1.81 bits per heavy atom. The van der Waals surface area contributed by atoms with Crippen LogP contribution in [-0.2, 0) is 11.2 Å². The van der Waals surface area contributed by atoms with E-state index in [1.807, 2.05) is 12.1 Å². The maximum Gasteiger partial charge on any atom is 0.248 e. The van der Waals surface area contributed by atoms with Crippen LogP contribution in [0.2, 0.25) is 0 Å². The minimum atomic E-state index is -0.589. The van der Waals surface area contributed by atoms with E-state index in [0.717, 1.165) is 48.9 Å². The van der Waals surface area contributed by atoms with Crippen LogP contribution < -0.4 is 10.1 Å². The monoisotopic (exact) mass is 430 g/mol. The summed E-state index contributed by atoms with van der Waals surface area (Å²) < 4.78 is 32.4. The molecule has 1 N–H and O–H groups in total. The largest absolute Gasteiger partial charge is 0.496 e. The van der Waals surface area contributed by atoms with Gasteiger partial charge in [-0.25, -0.2) is 8.78 Å². The minimum absolute atomic E-state index is 0.0189. The number of amides is 1. The second-order valence-corrected chi connectivity index (χ2v) is 8.04. The third-order valence-corrected chi connectivity index (χ3v) is 5.11. The first-order chi connectivity index (χ1) is 14.7. The van der Waals surface area contributed by atoms with Gasteiger partial charge in [-0.1, -0.05) is 0 Å².